The van der Waals surface area contributed by atoms with Crippen molar-refractivity contribution >= 4 is 5.91 Å². The van der Waals surface area contributed by atoms with Gasteiger partial charge in [0.15, 0.2) is 0 Å². The molecule has 0 bridgehead atoms. The molecule has 4 nitrogen and oxygen atoms in total. The number of carbonyl (C=O) groups is 1. The molecule has 1 N–H and O–H groups in total. The summed E-state index contributed by atoms with van der Waals surface area (Å²) in [5.41, 5.74) is 0.677. The van der Waals surface area contributed by atoms with Gasteiger partial charge in [0.25, 0.3) is 5.91 Å². The number of rotatable bonds is 8. The number of amides is 1. The molecule has 4 heteroatoms. The molecule has 21 heavy (non-hydrogen) atoms. The normalized spacial score (nSPS) is 17.7. The van der Waals surface area contributed by atoms with Crippen LogP contribution in [0.15, 0.2) is 24.3 Å². The summed E-state index contributed by atoms with van der Waals surface area (Å²) in [6, 6.07) is 7.30. The molecule has 0 radical (unpaired) electrons. The highest BCUT2D eigenvalue weighted by Gasteiger charge is 2.16. The molecule has 1 amide bonds. The Balaban J connectivity index is 1.73. The zero-order valence-corrected chi connectivity index (χ0v) is 12.8. The van der Waals surface area contributed by atoms with Crippen molar-refractivity contribution in [3.05, 3.63) is 29.8 Å². The Morgan fingerprint density at radius 1 is 1.33 bits per heavy atom. The molecule has 1 saturated heterocycles. The summed E-state index contributed by atoms with van der Waals surface area (Å²) in [7, 11) is 0. The maximum Gasteiger partial charge on any atom is 0.251 e. The fourth-order valence-electron chi connectivity index (χ4n) is 2.35. The summed E-state index contributed by atoms with van der Waals surface area (Å²) in [4.78, 5) is 11.9. The third kappa shape index (κ3) is 5.38. The second-order valence-electron chi connectivity index (χ2n) is 5.43. The lowest BCUT2D eigenvalue weighted by atomic mass is 10.2. The molecule has 1 atom stereocenters. The lowest BCUT2D eigenvalue weighted by Crippen LogP contribution is -2.24. The minimum Gasteiger partial charge on any atom is -0.491 e. The van der Waals surface area contributed by atoms with E-state index in [4.69, 9.17) is 9.47 Å². The van der Waals surface area contributed by atoms with Crippen LogP contribution in [0.2, 0.25) is 0 Å². The third-order valence-electron chi connectivity index (χ3n) is 3.64. The van der Waals surface area contributed by atoms with Gasteiger partial charge in [-0.05, 0) is 43.5 Å². The van der Waals surface area contributed by atoms with Gasteiger partial charge in [0.05, 0.1) is 6.10 Å². The predicted octanol–water partition coefficient (Wildman–Crippen LogP) is 3.16. The molecule has 1 heterocycles. The Hall–Kier alpha value is -1.55. The Morgan fingerprint density at radius 3 is 2.81 bits per heavy atom. The van der Waals surface area contributed by atoms with Crippen LogP contribution < -0.4 is 10.1 Å². The van der Waals surface area contributed by atoms with Crippen molar-refractivity contribution in [3.8, 4) is 5.75 Å². The molecule has 1 unspecified atom stereocenters. The first kappa shape index (κ1) is 15.8. The standard InChI is InChI=1S/C17H25NO3/c1-2-3-4-11-18-17(19)14-7-9-15(10-8-14)21-13-16-6-5-12-20-16/h7-10,16H,2-6,11-13H2,1H3,(H,18,19). The fourth-order valence-corrected chi connectivity index (χ4v) is 2.35. The largest absolute Gasteiger partial charge is 0.491 e. The van der Waals surface area contributed by atoms with Crippen LogP contribution in [0.1, 0.15) is 49.4 Å². The van der Waals surface area contributed by atoms with E-state index in [1.165, 1.54) is 0 Å². The molecule has 2 rings (SSSR count). The van der Waals surface area contributed by atoms with Crippen LogP contribution in [0.25, 0.3) is 0 Å². The van der Waals surface area contributed by atoms with E-state index >= 15 is 0 Å². The second-order valence-corrected chi connectivity index (χ2v) is 5.43. The molecular weight excluding hydrogens is 266 g/mol. The molecule has 0 saturated carbocycles. The molecule has 1 fully saturated rings. The highest BCUT2D eigenvalue weighted by molar-refractivity contribution is 5.94. The van der Waals surface area contributed by atoms with E-state index in [0.29, 0.717) is 12.2 Å². The van der Waals surface area contributed by atoms with Crippen LogP contribution >= 0.6 is 0 Å². The smallest absolute Gasteiger partial charge is 0.251 e. The molecule has 0 aliphatic carbocycles. The molecule has 1 aliphatic rings. The van der Waals surface area contributed by atoms with Crippen LogP contribution in [-0.4, -0.2) is 31.8 Å². The van der Waals surface area contributed by atoms with Crippen LogP contribution in [0.4, 0.5) is 0 Å². The van der Waals surface area contributed by atoms with Gasteiger partial charge in [-0.2, -0.15) is 0 Å². The summed E-state index contributed by atoms with van der Waals surface area (Å²) in [5.74, 6) is 0.768. The van der Waals surface area contributed by atoms with Gasteiger partial charge in [-0.1, -0.05) is 19.8 Å². The van der Waals surface area contributed by atoms with Crippen LogP contribution in [0.3, 0.4) is 0 Å². The molecule has 1 aromatic carbocycles. The Labute approximate surface area is 126 Å². The maximum atomic E-state index is 11.9. The molecular formula is C17H25NO3. The highest BCUT2D eigenvalue weighted by Crippen LogP contribution is 2.16. The Bertz CT molecular complexity index is 424. The third-order valence-corrected chi connectivity index (χ3v) is 3.64. The summed E-state index contributed by atoms with van der Waals surface area (Å²) in [6.07, 6.45) is 5.74. The molecule has 1 aliphatic heterocycles. The summed E-state index contributed by atoms with van der Waals surface area (Å²) in [6.45, 7) is 4.31. The minimum absolute atomic E-state index is 0.0169. The van der Waals surface area contributed by atoms with Gasteiger partial charge in [-0.15, -0.1) is 0 Å². The molecule has 1 aromatic rings. The van der Waals surface area contributed by atoms with Gasteiger partial charge >= 0.3 is 0 Å². The van der Waals surface area contributed by atoms with Crippen molar-refractivity contribution in [1.29, 1.82) is 0 Å². The fraction of sp³-hybridized carbons (Fsp3) is 0.588. The summed E-state index contributed by atoms with van der Waals surface area (Å²) >= 11 is 0. The van der Waals surface area contributed by atoms with Crippen molar-refractivity contribution < 1.29 is 14.3 Å². The first-order chi connectivity index (χ1) is 10.3. The van der Waals surface area contributed by atoms with Gasteiger partial charge in [0.1, 0.15) is 12.4 Å². The average molecular weight is 291 g/mol. The van der Waals surface area contributed by atoms with Crippen molar-refractivity contribution in [2.75, 3.05) is 19.8 Å². The zero-order valence-electron chi connectivity index (χ0n) is 12.8. The topological polar surface area (TPSA) is 47.6 Å². The van der Waals surface area contributed by atoms with Crippen LogP contribution in [-0.2, 0) is 4.74 Å². The van der Waals surface area contributed by atoms with E-state index < -0.39 is 0 Å². The number of ether oxygens (including phenoxy) is 2. The minimum atomic E-state index is -0.0169. The quantitative estimate of drug-likeness (QED) is 0.748. The Morgan fingerprint density at radius 2 is 2.14 bits per heavy atom. The Kier molecular flexibility index (Phi) is 6.54. The number of unbranched alkanes of at least 4 members (excludes halogenated alkanes) is 2. The van der Waals surface area contributed by atoms with Crippen molar-refractivity contribution in [3.63, 3.8) is 0 Å². The number of benzene rings is 1. The van der Waals surface area contributed by atoms with Crippen molar-refractivity contribution in [2.45, 2.75) is 45.1 Å². The molecule has 116 valence electrons. The van der Waals surface area contributed by atoms with Gasteiger partial charge < -0.3 is 14.8 Å². The van der Waals surface area contributed by atoms with E-state index in [9.17, 15) is 4.79 Å². The number of nitrogens with one attached hydrogen (secondary N) is 1. The highest BCUT2D eigenvalue weighted by atomic mass is 16.5. The summed E-state index contributed by atoms with van der Waals surface area (Å²) in [5, 5.41) is 2.93. The maximum absolute atomic E-state index is 11.9. The lowest BCUT2D eigenvalue weighted by Gasteiger charge is -2.11. The van der Waals surface area contributed by atoms with Gasteiger partial charge in [0.2, 0.25) is 0 Å². The number of carbonyl (C=O) groups excluding carboxylic acids is 1. The number of hydrogen-bond acceptors (Lipinski definition) is 3. The SMILES string of the molecule is CCCCCNC(=O)c1ccc(OCC2CCCO2)cc1. The van der Waals surface area contributed by atoms with Gasteiger partial charge in [-0.3, -0.25) is 4.79 Å². The predicted molar refractivity (Wildman–Crippen MR) is 82.8 cm³/mol. The zero-order chi connectivity index (χ0) is 14.9. The second kappa shape index (κ2) is 8.67. The van der Waals surface area contributed by atoms with E-state index in [-0.39, 0.29) is 12.0 Å². The monoisotopic (exact) mass is 291 g/mol. The van der Waals surface area contributed by atoms with Gasteiger partial charge in [-0.25, -0.2) is 0 Å². The van der Waals surface area contributed by atoms with E-state index in [1.54, 1.807) is 12.1 Å². The lowest BCUT2D eigenvalue weighted by molar-refractivity contribution is 0.0679. The van der Waals surface area contributed by atoms with E-state index in [0.717, 1.165) is 51.0 Å². The summed E-state index contributed by atoms with van der Waals surface area (Å²) < 4.78 is 11.2. The van der Waals surface area contributed by atoms with E-state index in [1.807, 2.05) is 12.1 Å². The van der Waals surface area contributed by atoms with Crippen molar-refractivity contribution in [2.24, 2.45) is 0 Å². The van der Waals surface area contributed by atoms with E-state index in [2.05, 4.69) is 12.2 Å². The molecule has 0 aromatic heterocycles. The number of hydrogen-bond donors (Lipinski definition) is 1. The van der Waals surface area contributed by atoms with Crippen LogP contribution in [0, 0.1) is 0 Å². The van der Waals surface area contributed by atoms with Crippen molar-refractivity contribution in [1.82, 2.24) is 5.32 Å². The first-order valence-corrected chi connectivity index (χ1v) is 7.92. The van der Waals surface area contributed by atoms with Gasteiger partial charge in [0, 0.05) is 18.7 Å². The first-order valence-electron chi connectivity index (χ1n) is 7.92. The average Bonchev–Trinajstić information content (AvgIpc) is 3.03. The molecule has 0 spiro atoms. The van der Waals surface area contributed by atoms with Crippen LogP contribution in [0.5, 0.6) is 5.75 Å².